The first-order valence-corrected chi connectivity index (χ1v) is 7.67. The van der Waals surface area contributed by atoms with Crippen molar-refractivity contribution in [3.8, 4) is 5.75 Å². The van der Waals surface area contributed by atoms with Gasteiger partial charge in [-0.05, 0) is 38.3 Å². The van der Waals surface area contributed by atoms with Crippen molar-refractivity contribution in [2.24, 2.45) is 0 Å². The Bertz CT molecular complexity index is 494. The zero-order valence-corrected chi connectivity index (χ0v) is 13.5. The van der Waals surface area contributed by atoms with Crippen LogP contribution in [0.2, 0.25) is 0 Å². The molecule has 1 atom stereocenters. The second kappa shape index (κ2) is 6.94. The molecule has 1 amide bonds. The molecule has 2 rings (SSSR count). The Morgan fingerprint density at radius 1 is 1.38 bits per heavy atom. The maximum Gasteiger partial charge on any atom is 0.219 e. The van der Waals surface area contributed by atoms with Gasteiger partial charge in [-0.15, -0.1) is 0 Å². The van der Waals surface area contributed by atoms with Gasteiger partial charge in [0.2, 0.25) is 5.91 Å². The third-order valence-electron chi connectivity index (χ3n) is 4.28. The summed E-state index contributed by atoms with van der Waals surface area (Å²) in [5.41, 5.74) is 2.40. The molecule has 1 unspecified atom stereocenters. The van der Waals surface area contributed by atoms with Gasteiger partial charge in [0, 0.05) is 37.7 Å². The van der Waals surface area contributed by atoms with Gasteiger partial charge in [0.15, 0.2) is 0 Å². The van der Waals surface area contributed by atoms with Crippen molar-refractivity contribution < 1.29 is 9.53 Å². The minimum atomic E-state index is 0.182. The van der Waals surface area contributed by atoms with Crippen molar-refractivity contribution in [1.82, 2.24) is 10.2 Å². The van der Waals surface area contributed by atoms with E-state index in [0.29, 0.717) is 6.04 Å². The van der Waals surface area contributed by atoms with E-state index in [-0.39, 0.29) is 11.9 Å². The van der Waals surface area contributed by atoms with Gasteiger partial charge in [0.1, 0.15) is 5.75 Å². The standard InChI is InChI=1S/C17H26N2O2/c1-12-5-6-16(17(11-12)21-4)13(2)18-15-7-9-19(10-8-15)14(3)20/h5-6,11,13,15,18H,7-10H2,1-4H3. The molecule has 0 spiro atoms. The number of likely N-dealkylation sites (tertiary alicyclic amines) is 1. The molecule has 4 heteroatoms. The number of methoxy groups -OCH3 is 1. The van der Waals surface area contributed by atoms with Crippen LogP contribution in [0.5, 0.6) is 5.75 Å². The van der Waals surface area contributed by atoms with E-state index in [0.717, 1.165) is 31.7 Å². The minimum absolute atomic E-state index is 0.182. The fourth-order valence-electron chi connectivity index (χ4n) is 2.98. The molecule has 0 aliphatic carbocycles. The Hall–Kier alpha value is -1.55. The van der Waals surface area contributed by atoms with E-state index in [1.54, 1.807) is 14.0 Å². The van der Waals surface area contributed by atoms with Gasteiger partial charge in [0.25, 0.3) is 0 Å². The third kappa shape index (κ3) is 3.97. The van der Waals surface area contributed by atoms with Crippen LogP contribution in [0, 0.1) is 6.92 Å². The van der Waals surface area contributed by atoms with Crippen molar-refractivity contribution in [1.29, 1.82) is 0 Å². The number of ether oxygens (including phenoxy) is 1. The number of piperidine rings is 1. The predicted molar refractivity (Wildman–Crippen MR) is 84.6 cm³/mol. The Morgan fingerprint density at radius 2 is 2.05 bits per heavy atom. The van der Waals surface area contributed by atoms with E-state index in [1.165, 1.54) is 11.1 Å². The lowest BCUT2D eigenvalue weighted by Gasteiger charge is -2.33. The number of carbonyl (C=O) groups is 1. The monoisotopic (exact) mass is 290 g/mol. The van der Waals surface area contributed by atoms with E-state index < -0.39 is 0 Å². The van der Waals surface area contributed by atoms with Crippen molar-refractivity contribution in [2.75, 3.05) is 20.2 Å². The predicted octanol–water partition coefficient (Wildman–Crippen LogP) is 2.67. The molecule has 21 heavy (non-hydrogen) atoms. The van der Waals surface area contributed by atoms with Gasteiger partial charge in [0.05, 0.1) is 7.11 Å². The van der Waals surface area contributed by atoms with Crippen molar-refractivity contribution in [3.63, 3.8) is 0 Å². The van der Waals surface area contributed by atoms with Gasteiger partial charge in [-0.25, -0.2) is 0 Å². The molecule has 4 nitrogen and oxygen atoms in total. The molecule has 1 aliphatic heterocycles. The first kappa shape index (κ1) is 15.8. The van der Waals surface area contributed by atoms with Crippen LogP contribution in [-0.4, -0.2) is 37.0 Å². The summed E-state index contributed by atoms with van der Waals surface area (Å²) in [5, 5.41) is 3.67. The lowest BCUT2D eigenvalue weighted by Crippen LogP contribution is -2.44. The van der Waals surface area contributed by atoms with Gasteiger partial charge >= 0.3 is 0 Å². The highest BCUT2D eigenvalue weighted by Crippen LogP contribution is 2.27. The van der Waals surface area contributed by atoms with Crippen LogP contribution in [0.15, 0.2) is 18.2 Å². The quantitative estimate of drug-likeness (QED) is 0.927. The number of nitrogens with zero attached hydrogens (tertiary/aromatic N) is 1. The van der Waals surface area contributed by atoms with Crippen LogP contribution in [0.4, 0.5) is 0 Å². The van der Waals surface area contributed by atoms with E-state index in [1.807, 2.05) is 4.90 Å². The zero-order valence-electron chi connectivity index (χ0n) is 13.5. The fraction of sp³-hybridized carbons (Fsp3) is 0.588. The lowest BCUT2D eigenvalue weighted by molar-refractivity contribution is -0.129. The molecule has 1 aromatic rings. The first-order valence-electron chi connectivity index (χ1n) is 7.67. The molecule has 0 saturated carbocycles. The normalized spacial score (nSPS) is 17.6. The second-order valence-electron chi connectivity index (χ2n) is 5.91. The number of benzene rings is 1. The highest BCUT2D eigenvalue weighted by Gasteiger charge is 2.22. The average Bonchev–Trinajstić information content (AvgIpc) is 2.47. The number of amides is 1. The number of hydrogen-bond donors (Lipinski definition) is 1. The number of aryl methyl sites for hydroxylation is 1. The highest BCUT2D eigenvalue weighted by atomic mass is 16.5. The molecular formula is C17H26N2O2. The molecule has 1 saturated heterocycles. The first-order chi connectivity index (χ1) is 10.0. The Balaban J connectivity index is 1.96. The smallest absolute Gasteiger partial charge is 0.219 e. The molecule has 0 radical (unpaired) electrons. The maximum absolute atomic E-state index is 11.4. The van der Waals surface area contributed by atoms with Gasteiger partial charge in [-0.2, -0.15) is 0 Å². The van der Waals surface area contributed by atoms with Crippen LogP contribution < -0.4 is 10.1 Å². The van der Waals surface area contributed by atoms with Crippen LogP contribution in [0.25, 0.3) is 0 Å². The zero-order chi connectivity index (χ0) is 15.4. The second-order valence-corrected chi connectivity index (χ2v) is 5.91. The van der Waals surface area contributed by atoms with Gasteiger partial charge < -0.3 is 15.0 Å². The average molecular weight is 290 g/mol. The van der Waals surface area contributed by atoms with Crippen LogP contribution >= 0.6 is 0 Å². The highest BCUT2D eigenvalue weighted by molar-refractivity contribution is 5.73. The molecule has 116 valence electrons. The molecule has 0 bridgehead atoms. The van der Waals surface area contributed by atoms with Crippen LogP contribution in [0.1, 0.15) is 43.9 Å². The Kier molecular flexibility index (Phi) is 5.23. The Labute approximate surface area is 127 Å². The number of hydrogen-bond acceptors (Lipinski definition) is 3. The summed E-state index contributed by atoms with van der Waals surface area (Å²) in [5.74, 6) is 1.12. The summed E-state index contributed by atoms with van der Waals surface area (Å²) in [6.45, 7) is 7.59. The molecule has 1 N–H and O–H groups in total. The third-order valence-corrected chi connectivity index (χ3v) is 4.28. The van der Waals surface area contributed by atoms with Crippen LogP contribution in [0.3, 0.4) is 0 Å². The van der Waals surface area contributed by atoms with Crippen LogP contribution in [-0.2, 0) is 4.79 Å². The summed E-state index contributed by atoms with van der Waals surface area (Å²) < 4.78 is 5.49. The van der Waals surface area contributed by atoms with Crippen molar-refractivity contribution >= 4 is 5.91 Å². The van der Waals surface area contributed by atoms with Gasteiger partial charge in [-0.3, -0.25) is 4.79 Å². The summed E-state index contributed by atoms with van der Waals surface area (Å²) in [6, 6.07) is 7.03. The maximum atomic E-state index is 11.4. The summed E-state index contributed by atoms with van der Waals surface area (Å²) in [7, 11) is 1.72. The fourth-order valence-corrected chi connectivity index (χ4v) is 2.98. The molecule has 1 aliphatic rings. The van der Waals surface area contributed by atoms with E-state index in [2.05, 4.69) is 37.4 Å². The topological polar surface area (TPSA) is 41.6 Å². The number of nitrogens with one attached hydrogen (secondary N) is 1. The van der Waals surface area contributed by atoms with Crippen molar-refractivity contribution in [2.45, 2.75) is 45.7 Å². The minimum Gasteiger partial charge on any atom is -0.496 e. The molecule has 0 aromatic heterocycles. The summed E-state index contributed by atoms with van der Waals surface area (Å²) in [6.07, 6.45) is 2.02. The van der Waals surface area contributed by atoms with E-state index in [9.17, 15) is 4.79 Å². The number of carbonyl (C=O) groups excluding carboxylic acids is 1. The molecule has 1 heterocycles. The number of rotatable bonds is 4. The lowest BCUT2D eigenvalue weighted by atomic mass is 10.00. The largest absolute Gasteiger partial charge is 0.496 e. The summed E-state index contributed by atoms with van der Waals surface area (Å²) >= 11 is 0. The van der Waals surface area contributed by atoms with Gasteiger partial charge in [-0.1, -0.05) is 12.1 Å². The Morgan fingerprint density at radius 3 is 2.62 bits per heavy atom. The van der Waals surface area contributed by atoms with Crippen molar-refractivity contribution in [3.05, 3.63) is 29.3 Å². The molecule has 1 fully saturated rings. The van der Waals surface area contributed by atoms with E-state index >= 15 is 0 Å². The molecular weight excluding hydrogens is 264 g/mol. The molecule has 1 aromatic carbocycles. The summed E-state index contributed by atoms with van der Waals surface area (Å²) in [4.78, 5) is 13.3. The SMILES string of the molecule is COc1cc(C)ccc1C(C)NC1CCN(C(C)=O)CC1. The van der Waals surface area contributed by atoms with E-state index in [4.69, 9.17) is 4.74 Å².